The van der Waals surface area contributed by atoms with Gasteiger partial charge in [-0.05, 0) is 55.5 Å². The number of aromatic nitrogens is 4. The van der Waals surface area contributed by atoms with Gasteiger partial charge in [0.15, 0.2) is 5.65 Å². The van der Waals surface area contributed by atoms with Gasteiger partial charge in [0.1, 0.15) is 23.5 Å². The molecule has 3 heterocycles. The number of nitrogens with one attached hydrogen (secondary N) is 1. The lowest BCUT2D eigenvalue weighted by Gasteiger charge is -2.09. The van der Waals surface area contributed by atoms with Gasteiger partial charge in [0.25, 0.3) is 0 Å². The Bertz CT molecular complexity index is 1290. The molecule has 0 atom stereocenters. The summed E-state index contributed by atoms with van der Waals surface area (Å²) in [7, 11) is 1.58. The van der Waals surface area contributed by atoms with Crippen LogP contribution >= 0.6 is 11.3 Å². The molecule has 1 amide bonds. The fourth-order valence-corrected chi connectivity index (χ4v) is 5.02. The molecule has 1 aliphatic rings. The van der Waals surface area contributed by atoms with Crippen LogP contribution in [0.5, 0.6) is 5.75 Å². The van der Waals surface area contributed by atoms with Gasteiger partial charge in [-0.3, -0.25) is 4.79 Å². The molecule has 3 aromatic heterocycles. The lowest BCUT2D eigenvalue weighted by atomic mass is 9.97. The number of benzene rings is 1. The lowest BCUT2D eigenvalue weighted by Crippen LogP contribution is -2.28. The Morgan fingerprint density at radius 1 is 1.24 bits per heavy atom. The van der Waals surface area contributed by atoms with Gasteiger partial charge in [-0.1, -0.05) is 0 Å². The predicted molar refractivity (Wildman–Crippen MR) is 111 cm³/mol. The number of hydrogen-bond acceptors (Lipinski definition) is 6. The van der Waals surface area contributed by atoms with Crippen molar-refractivity contribution >= 4 is 38.8 Å². The zero-order chi connectivity index (χ0) is 20.0. The zero-order valence-corrected chi connectivity index (χ0v) is 16.7. The molecule has 0 unspecified atom stereocenters. The highest BCUT2D eigenvalue weighted by Gasteiger charge is 2.22. The smallest absolute Gasteiger partial charge is 0.352 e. The Balaban J connectivity index is 1.47. The monoisotopic (exact) mass is 409 g/mol. The van der Waals surface area contributed by atoms with Crippen molar-refractivity contribution in [3.63, 3.8) is 0 Å². The average molecular weight is 409 g/mol. The van der Waals surface area contributed by atoms with Crippen LogP contribution in [-0.4, -0.2) is 32.2 Å². The average Bonchev–Trinajstić information content (AvgIpc) is 3.26. The van der Waals surface area contributed by atoms with E-state index in [2.05, 4.69) is 15.4 Å². The highest BCUT2D eigenvalue weighted by molar-refractivity contribution is 7.19. The van der Waals surface area contributed by atoms with Crippen molar-refractivity contribution in [2.45, 2.75) is 32.2 Å². The number of ether oxygens (including phenoxy) is 1. The summed E-state index contributed by atoms with van der Waals surface area (Å²) in [6.45, 7) is -0.166. The Morgan fingerprint density at radius 3 is 2.83 bits per heavy atom. The summed E-state index contributed by atoms with van der Waals surface area (Å²) in [4.78, 5) is 31.9. The van der Waals surface area contributed by atoms with E-state index in [1.165, 1.54) is 32.3 Å². The fraction of sp³-hybridized carbons (Fsp3) is 0.300. The van der Waals surface area contributed by atoms with Crippen LogP contribution in [0.3, 0.4) is 0 Å². The SMILES string of the molecule is COc1ccc(NC(=O)Cn2nc3c4c5c(sc4ncn3c2=O)CCCC5)cc1. The molecular formula is C20H19N5O3S. The highest BCUT2D eigenvalue weighted by atomic mass is 32.1. The maximum absolute atomic E-state index is 12.8. The van der Waals surface area contributed by atoms with Crippen molar-refractivity contribution in [2.75, 3.05) is 12.4 Å². The van der Waals surface area contributed by atoms with Crippen molar-refractivity contribution in [3.8, 4) is 5.75 Å². The van der Waals surface area contributed by atoms with Crippen LogP contribution in [0.1, 0.15) is 23.3 Å². The maximum atomic E-state index is 12.8. The number of anilines is 1. The Kier molecular flexibility index (Phi) is 4.31. The number of rotatable bonds is 4. The molecule has 0 bridgehead atoms. The number of thiophene rings is 1. The van der Waals surface area contributed by atoms with E-state index in [1.807, 2.05) is 0 Å². The molecule has 0 aliphatic heterocycles. The molecule has 0 spiro atoms. The second-order valence-electron chi connectivity index (χ2n) is 7.05. The summed E-state index contributed by atoms with van der Waals surface area (Å²) < 4.78 is 7.74. The van der Waals surface area contributed by atoms with E-state index in [0.717, 1.165) is 29.5 Å². The van der Waals surface area contributed by atoms with Crippen molar-refractivity contribution in [2.24, 2.45) is 0 Å². The van der Waals surface area contributed by atoms with Crippen LogP contribution in [0.25, 0.3) is 15.9 Å². The number of carbonyl (C=O) groups excluding carboxylic acids is 1. The van der Waals surface area contributed by atoms with E-state index in [4.69, 9.17) is 4.74 Å². The first-order chi connectivity index (χ1) is 14.1. The standard InChI is InChI=1S/C20H19N5O3S/c1-28-13-8-6-12(7-9-13)22-16(26)10-25-20(27)24-11-21-19-17(18(24)23-25)14-4-2-3-5-15(14)29-19/h6-9,11H,2-5,10H2,1H3,(H,22,26). The molecule has 29 heavy (non-hydrogen) atoms. The molecule has 5 rings (SSSR count). The number of carbonyl (C=O) groups is 1. The van der Waals surface area contributed by atoms with Crippen LogP contribution in [0.2, 0.25) is 0 Å². The van der Waals surface area contributed by atoms with E-state index in [0.29, 0.717) is 17.1 Å². The molecule has 1 aromatic carbocycles. The second kappa shape index (κ2) is 7.00. The van der Waals surface area contributed by atoms with Crippen LogP contribution < -0.4 is 15.7 Å². The molecule has 9 heteroatoms. The zero-order valence-electron chi connectivity index (χ0n) is 15.8. The normalized spacial score (nSPS) is 13.6. The van der Waals surface area contributed by atoms with Crippen LogP contribution in [0.15, 0.2) is 35.4 Å². The van der Waals surface area contributed by atoms with Gasteiger partial charge < -0.3 is 10.1 Å². The topological polar surface area (TPSA) is 90.5 Å². The van der Waals surface area contributed by atoms with Crippen LogP contribution in [0, 0.1) is 0 Å². The van der Waals surface area contributed by atoms with Crippen LogP contribution in [-0.2, 0) is 24.2 Å². The van der Waals surface area contributed by atoms with Gasteiger partial charge in [0, 0.05) is 10.6 Å². The van der Waals surface area contributed by atoms with E-state index in [1.54, 1.807) is 42.7 Å². The highest BCUT2D eigenvalue weighted by Crippen LogP contribution is 2.36. The van der Waals surface area contributed by atoms with Gasteiger partial charge in [0.05, 0.1) is 12.5 Å². The largest absolute Gasteiger partial charge is 0.497 e. The first-order valence-corrected chi connectivity index (χ1v) is 10.3. The van der Waals surface area contributed by atoms with Crippen LogP contribution in [0.4, 0.5) is 5.69 Å². The van der Waals surface area contributed by atoms with E-state index < -0.39 is 0 Å². The molecule has 0 radical (unpaired) electrons. The van der Waals surface area contributed by atoms with Gasteiger partial charge in [-0.15, -0.1) is 16.4 Å². The Hall–Kier alpha value is -3.20. The number of hydrogen-bond donors (Lipinski definition) is 1. The van der Waals surface area contributed by atoms with Crippen molar-refractivity contribution in [1.82, 2.24) is 19.2 Å². The Morgan fingerprint density at radius 2 is 2.03 bits per heavy atom. The van der Waals surface area contributed by atoms with Gasteiger partial charge in [-0.2, -0.15) is 0 Å². The summed E-state index contributed by atoms with van der Waals surface area (Å²) in [6, 6.07) is 7.01. The third-order valence-corrected chi connectivity index (χ3v) is 6.40. The first kappa shape index (κ1) is 17.9. The molecular weight excluding hydrogens is 390 g/mol. The van der Waals surface area contributed by atoms with E-state index >= 15 is 0 Å². The number of methoxy groups -OCH3 is 1. The van der Waals surface area contributed by atoms with Crippen molar-refractivity contribution < 1.29 is 9.53 Å². The summed E-state index contributed by atoms with van der Waals surface area (Å²) >= 11 is 1.68. The van der Waals surface area contributed by atoms with E-state index in [9.17, 15) is 9.59 Å². The minimum atomic E-state index is -0.366. The molecule has 8 nitrogen and oxygen atoms in total. The summed E-state index contributed by atoms with van der Waals surface area (Å²) in [5.74, 6) is 0.382. The molecule has 1 N–H and O–H groups in total. The lowest BCUT2D eigenvalue weighted by molar-refractivity contribution is -0.117. The minimum Gasteiger partial charge on any atom is -0.497 e. The number of aryl methyl sites for hydroxylation is 2. The molecule has 1 aliphatic carbocycles. The fourth-order valence-electron chi connectivity index (χ4n) is 3.79. The summed E-state index contributed by atoms with van der Waals surface area (Å²) in [5, 5.41) is 8.22. The molecule has 0 saturated carbocycles. The third-order valence-electron chi connectivity index (χ3n) is 5.20. The molecule has 0 fully saturated rings. The van der Waals surface area contributed by atoms with E-state index in [-0.39, 0.29) is 18.1 Å². The summed E-state index contributed by atoms with van der Waals surface area (Å²) in [6.07, 6.45) is 5.86. The number of nitrogens with zero attached hydrogens (tertiary/aromatic N) is 4. The molecule has 4 aromatic rings. The van der Waals surface area contributed by atoms with Gasteiger partial charge >= 0.3 is 5.69 Å². The minimum absolute atomic E-state index is 0.166. The van der Waals surface area contributed by atoms with Gasteiger partial charge in [0.2, 0.25) is 5.91 Å². The third kappa shape index (κ3) is 3.07. The maximum Gasteiger partial charge on any atom is 0.352 e. The predicted octanol–water partition coefficient (Wildman–Crippen LogP) is 2.63. The molecule has 0 saturated heterocycles. The van der Waals surface area contributed by atoms with Gasteiger partial charge in [-0.25, -0.2) is 18.9 Å². The molecule has 148 valence electrons. The Labute approximate surface area is 169 Å². The van der Waals surface area contributed by atoms with Crippen molar-refractivity contribution in [1.29, 1.82) is 0 Å². The second-order valence-corrected chi connectivity index (χ2v) is 8.13. The first-order valence-electron chi connectivity index (χ1n) is 9.46. The summed E-state index contributed by atoms with van der Waals surface area (Å²) in [5.41, 5.74) is 2.10. The quantitative estimate of drug-likeness (QED) is 0.560. The number of amides is 1. The number of fused-ring (bicyclic) bond motifs is 5. The van der Waals surface area contributed by atoms with Crippen molar-refractivity contribution in [3.05, 3.63) is 51.5 Å².